The molecule has 0 aliphatic heterocycles. The van der Waals surface area contributed by atoms with E-state index < -0.39 is 11.2 Å². The van der Waals surface area contributed by atoms with Crippen LogP contribution in [0, 0.1) is 0 Å². The van der Waals surface area contributed by atoms with Crippen molar-refractivity contribution in [1.29, 1.82) is 0 Å². The molecule has 1 aliphatic rings. The topological polar surface area (TPSA) is 125 Å². The van der Waals surface area contributed by atoms with Crippen LogP contribution in [0.3, 0.4) is 0 Å². The quantitative estimate of drug-likeness (QED) is 0.396. The van der Waals surface area contributed by atoms with Crippen LogP contribution in [-0.4, -0.2) is 49.8 Å². The molecule has 0 bridgehead atoms. The second-order valence-corrected chi connectivity index (χ2v) is 8.90. The fourth-order valence-electron chi connectivity index (χ4n) is 3.53. The van der Waals surface area contributed by atoms with Gasteiger partial charge in [-0.2, -0.15) is 9.97 Å². The molecule has 2 heterocycles. The van der Waals surface area contributed by atoms with Crippen LogP contribution < -0.4 is 15.4 Å². The molecule has 0 radical (unpaired) electrons. The second-order valence-electron chi connectivity index (χ2n) is 7.22. The van der Waals surface area contributed by atoms with Crippen LogP contribution in [0.4, 0.5) is 5.82 Å². The summed E-state index contributed by atoms with van der Waals surface area (Å²) in [5.74, 6) is 1.06. The third-order valence-corrected chi connectivity index (χ3v) is 6.05. The molecule has 1 amide bonds. The number of benzene rings is 1. The van der Waals surface area contributed by atoms with E-state index in [1.807, 2.05) is 12.1 Å². The minimum Gasteiger partial charge on any atom is -0.609 e. The molecular weight excluding hydrogens is 452 g/mol. The molecule has 2 aromatic heterocycles. The molecule has 2 N–H and O–H groups in total. The van der Waals surface area contributed by atoms with Gasteiger partial charge in [-0.3, -0.25) is 4.79 Å². The first kappa shape index (κ1) is 22.3. The van der Waals surface area contributed by atoms with Crippen molar-refractivity contribution in [1.82, 2.24) is 25.3 Å². The van der Waals surface area contributed by atoms with Gasteiger partial charge in [-0.05, 0) is 42.2 Å². The average Bonchev–Trinajstić information content (AvgIpc) is 3.18. The van der Waals surface area contributed by atoms with E-state index in [1.54, 1.807) is 25.6 Å². The number of aromatic nitrogens is 4. The minimum absolute atomic E-state index is 0.0229. The van der Waals surface area contributed by atoms with Crippen molar-refractivity contribution in [2.75, 3.05) is 18.7 Å². The molecule has 3 aromatic rings. The largest absolute Gasteiger partial charge is 0.609 e. The molecule has 9 nitrogen and oxygen atoms in total. The fraction of sp³-hybridized carbons (Fsp3) is 0.286. The molecule has 0 spiro atoms. The van der Waals surface area contributed by atoms with E-state index in [0.29, 0.717) is 35.3 Å². The third-order valence-electron chi connectivity index (χ3n) is 5.04. The number of amides is 1. The summed E-state index contributed by atoms with van der Waals surface area (Å²) in [6.07, 6.45) is 7.49. The number of methoxy groups -OCH3 is 1. The lowest BCUT2D eigenvalue weighted by Gasteiger charge is -2.16. The van der Waals surface area contributed by atoms with Crippen LogP contribution in [0.2, 0.25) is 5.02 Å². The van der Waals surface area contributed by atoms with E-state index in [-0.39, 0.29) is 29.2 Å². The Labute approximate surface area is 193 Å². The lowest BCUT2D eigenvalue weighted by atomic mass is 10.1. The molecular formula is C21H21ClN6O3S. The molecule has 4 rings (SSSR count). The van der Waals surface area contributed by atoms with Gasteiger partial charge < -0.3 is 19.9 Å². The number of fused-ring (bicyclic) bond motifs is 1. The average molecular weight is 473 g/mol. The molecule has 1 aliphatic carbocycles. The SMILES string of the molecule is COc1cc2c(cc1Cl)CC(Nc1nc([S+](C)[O-])ncc1C(=O)NCc1ncccn1)C2. The monoisotopic (exact) mass is 472 g/mol. The number of nitrogens with one attached hydrogen (secondary N) is 2. The van der Waals surface area contributed by atoms with Crippen molar-refractivity contribution < 1.29 is 14.1 Å². The highest BCUT2D eigenvalue weighted by atomic mass is 35.5. The summed E-state index contributed by atoms with van der Waals surface area (Å²) in [5, 5.41) is 6.81. The lowest BCUT2D eigenvalue weighted by molar-refractivity contribution is 0.0949. The highest BCUT2D eigenvalue weighted by Gasteiger charge is 2.26. The van der Waals surface area contributed by atoms with Crippen molar-refractivity contribution in [2.45, 2.75) is 30.6 Å². The van der Waals surface area contributed by atoms with E-state index in [2.05, 4.69) is 30.6 Å². The van der Waals surface area contributed by atoms with Crippen molar-refractivity contribution >= 4 is 34.5 Å². The molecule has 166 valence electrons. The zero-order valence-corrected chi connectivity index (χ0v) is 19.0. The summed E-state index contributed by atoms with van der Waals surface area (Å²) < 4.78 is 17.2. The molecule has 0 fully saturated rings. The summed E-state index contributed by atoms with van der Waals surface area (Å²) in [6, 6.07) is 5.51. The summed E-state index contributed by atoms with van der Waals surface area (Å²) in [5.41, 5.74) is 2.47. The van der Waals surface area contributed by atoms with Crippen LogP contribution in [0.15, 0.2) is 41.9 Å². The van der Waals surface area contributed by atoms with Gasteiger partial charge in [0.25, 0.3) is 5.91 Å². The maximum absolute atomic E-state index is 12.8. The number of ether oxygens (including phenoxy) is 1. The number of rotatable bonds is 7. The predicted octanol–water partition coefficient (Wildman–Crippen LogP) is 2.18. The molecule has 0 saturated carbocycles. The highest BCUT2D eigenvalue weighted by Crippen LogP contribution is 2.34. The van der Waals surface area contributed by atoms with Gasteiger partial charge >= 0.3 is 5.16 Å². The maximum Gasteiger partial charge on any atom is 0.344 e. The maximum atomic E-state index is 12.8. The van der Waals surface area contributed by atoms with Crippen molar-refractivity contribution in [3.05, 3.63) is 64.3 Å². The number of hydrogen-bond donors (Lipinski definition) is 2. The van der Waals surface area contributed by atoms with E-state index in [4.69, 9.17) is 16.3 Å². The van der Waals surface area contributed by atoms with Gasteiger partial charge in [0.05, 0.1) is 24.9 Å². The van der Waals surface area contributed by atoms with E-state index in [0.717, 1.165) is 11.1 Å². The number of hydrogen-bond acceptors (Lipinski definition) is 8. The summed E-state index contributed by atoms with van der Waals surface area (Å²) in [6.45, 7) is 0.160. The molecule has 0 saturated heterocycles. The van der Waals surface area contributed by atoms with Gasteiger partial charge in [0.1, 0.15) is 29.2 Å². The Morgan fingerprint density at radius 1 is 1.25 bits per heavy atom. The second kappa shape index (κ2) is 9.68. The lowest BCUT2D eigenvalue weighted by Crippen LogP contribution is -2.28. The molecule has 11 heteroatoms. The van der Waals surface area contributed by atoms with E-state index in [1.165, 1.54) is 12.5 Å². The normalized spacial score (nSPS) is 15.7. The first-order valence-electron chi connectivity index (χ1n) is 9.81. The minimum atomic E-state index is -1.39. The van der Waals surface area contributed by atoms with E-state index >= 15 is 0 Å². The van der Waals surface area contributed by atoms with Crippen LogP contribution in [-0.2, 0) is 30.6 Å². The first-order chi connectivity index (χ1) is 15.4. The number of carbonyl (C=O) groups excluding carboxylic acids is 1. The van der Waals surface area contributed by atoms with Crippen LogP contribution in [0.1, 0.15) is 27.3 Å². The van der Waals surface area contributed by atoms with Crippen molar-refractivity contribution in [3.63, 3.8) is 0 Å². The number of carbonyl (C=O) groups is 1. The number of nitrogens with zero attached hydrogens (tertiary/aromatic N) is 4. The Bertz CT molecular complexity index is 1130. The first-order valence-corrected chi connectivity index (χ1v) is 11.7. The Morgan fingerprint density at radius 3 is 2.66 bits per heavy atom. The Morgan fingerprint density at radius 2 is 1.97 bits per heavy atom. The van der Waals surface area contributed by atoms with Gasteiger partial charge in [0, 0.05) is 29.6 Å². The number of halogens is 1. The predicted molar refractivity (Wildman–Crippen MR) is 120 cm³/mol. The smallest absolute Gasteiger partial charge is 0.344 e. The molecule has 2 unspecified atom stereocenters. The zero-order valence-electron chi connectivity index (χ0n) is 17.5. The zero-order chi connectivity index (χ0) is 22.7. The summed E-state index contributed by atoms with van der Waals surface area (Å²) in [4.78, 5) is 29.5. The van der Waals surface area contributed by atoms with Gasteiger partial charge in [-0.25, -0.2) is 9.97 Å². The highest BCUT2D eigenvalue weighted by molar-refractivity contribution is 7.90. The summed E-state index contributed by atoms with van der Waals surface area (Å²) >= 11 is 4.87. The van der Waals surface area contributed by atoms with Crippen molar-refractivity contribution in [2.24, 2.45) is 0 Å². The molecule has 1 aromatic carbocycles. The summed E-state index contributed by atoms with van der Waals surface area (Å²) in [7, 11) is 1.58. The molecule has 32 heavy (non-hydrogen) atoms. The van der Waals surface area contributed by atoms with E-state index in [9.17, 15) is 9.35 Å². The fourth-order valence-corrected chi connectivity index (χ4v) is 4.21. The van der Waals surface area contributed by atoms with Gasteiger partial charge in [-0.1, -0.05) is 11.6 Å². The molecule has 2 atom stereocenters. The van der Waals surface area contributed by atoms with Gasteiger partial charge in [0.2, 0.25) is 0 Å². The third kappa shape index (κ3) is 4.93. The Hall–Kier alpha value is -2.95. The Kier molecular flexibility index (Phi) is 6.73. The standard InChI is InChI=1S/C21H21ClN6O3S/c1-31-17-9-13-7-14(6-12(13)8-16(17)22)27-19-15(10-26-21(28-19)32(2)30)20(29)25-11-18-23-4-3-5-24-18/h3-5,8-10,14H,6-7,11H2,1-2H3,(H,25,29)(H,26,27,28). The van der Waals surface area contributed by atoms with Gasteiger partial charge in [-0.15, -0.1) is 0 Å². The van der Waals surface area contributed by atoms with Crippen LogP contribution >= 0.6 is 11.6 Å². The van der Waals surface area contributed by atoms with Gasteiger partial charge in [0.15, 0.2) is 0 Å². The van der Waals surface area contributed by atoms with Crippen LogP contribution in [0.5, 0.6) is 5.75 Å². The Balaban J connectivity index is 1.54. The van der Waals surface area contributed by atoms with Crippen molar-refractivity contribution in [3.8, 4) is 5.75 Å². The number of anilines is 1. The van der Waals surface area contributed by atoms with Crippen LogP contribution in [0.25, 0.3) is 0 Å².